The van der Waals surface area contributed by atoms with Crippen molar-refractivity contribution in [3.63, 3.8) is 0 Å². The molecular formula is C11H21NO. The van der Waals surface area contributed by atoms with Gasteiger partial charge in [-0.05, 0) is 19.8 Å². The minimum Gasteiger partial charge on any atom is -0.394 e. The first kappa shape index (κ1) is 10.7. The van der Waals surface area contributed by atoms with Crippen molar-refractivity contribution in [1.29, 1.82) is 0 Å². The van der Waals surface area contributed by atoms with Crippen LogP contribution in [0.3, 0.4) is 0 Å². The van der Waals surface area contributed by atoms with Crippen molar-refractivity contribution in [3.05, 3.63) is 12.2 Å². The maximum absolute atomic E-state index is 9.35. The lowest BCUT2D eigenvalue weighted by Crippen LogP contribution is -2.49. The van der Waals surface area contributed by atoms with E-state index in [1.807, 2.05) is 13.0 Å². The zero-order valence-corrected chi connectivity index (χ0v) is 8.55. The van der Waals surface area contributed by atoms with Crippen LogP contribution in [0.15, 0.2) is 12.2 Å². The number of aliphatic hydroxyl groups is 1. The molecule has 1 fully saturated rings. The molecular weight excluding hydrogens is 162 g/mol. The average molecular weight is 183 g/mol. The van der Waals surface area contributed by atoms with E-state index >= 15 is 0 Å². The highest BCUT2D eigenvalue weighted by Crippen LogP contribution is 2.27. The number of hydrogen-bond donors (Lipinski definition) is 2. The molecule has 2 N–H and O–H groups in total. The van der Waals surface area contributed by atoms with E-state index in [1.54, 1.807) is 0 Å². The number of allylic oxidation sites excluding steroid dienone is 1. The summed E-state index contributed by atoms with van der Waals surface area (Å²) in [7, 11) is 0. The summed E-state index contributed by atoms with van der Waals surface area (Å²) in [4.78, 5) is 0. The Morgan fingerprint density at radius 3 is 2.54 bits per heavy atom. The number of aliphatic hydroxyl groups excluding tert-OH is 1. The molecule has 2 heteroatoms. The van der Waals surface area contributed by atoms with Crippen LogP contribution in [-0.4, -0.2) is 23.8 Å². The van der Waals surface area contributed by atoms with E-state index in [0.717, 1.165) is 19.4 Å². The van der Waals surface area contributed by atoms with Gasteiger partial charge < -0.3 is 10.4 Å². The Kier molecular flexibility index (Phi) is 4.46. The molecule has 0 aromatic rings. The van der Waals surface area contributed by atoms with Gasteiger partial charge in [0.25, 0.3) is 0 Å². The Balaban J connectivity index is 2.38. The molecule has 0 amide bonds. The smallest absolute Gasteiger partial charge is 0.0613 e. The van der Waals surface area contributed by atoms with Gasteiger partial charge in [0.2, 0.25) is 0 Å². The summed E-state index contributed by atoms with van der Waals surface area (Å²) in [5, 5.41) is 12.8. The van der Waals surface area contributed by atoms with Crippen LogP contribution in [0, 0.1) is 0 Å². The van der Waals surface area contributed by atoms with Crippen molar-refractivity contribution in [1.82, 2.24) is 5.32 Å². The molecule has 2 nitrogen and oxygen atoms in total. The van der Waals surface area contributed by atoms with Gasteiger partial charge in [0.15, 0.2) is 0 Å². The second kappa shape index (κ2) is 5.40. The predicted molar refractivity (Wildman–Crippen MR) is 55.7 cm³/mol. The molecule has 0 heterocycles. The number of nitrogens with one attached hydrogen (secondary N) is 1. The van der Waals surface area contributed by atoms with Gasteiger partial charge >= 0.3 is 0 Å². The third kappa shape index (κ3) is 3.12. The van der Waals surface area contributed by atoms with Crippen LogP contribution in [0.25, 0.3) is 0 Å². The van der Waals surface area contributed by atoms with Gasteiger partial charge in [-0.2, -0.15) is 0 Å². The molecule has 13 heavy (non-hydrogen) atoms. The van der Waals surface area contributed by atoms with E-state index < -0.39 is 0 Å². The first-order valence-corrected chi connectivity index (χ1v) is 5.30. The van der Waals surface area contributed by atoms with Crippen LogP contribution in [0.2, 0.25) is 0 Å². The van der Waals surface area contributed by atoms with E-state index in [4.69, 9.17) is 0 Å². The van der Waals surface area contributed by atoms with E-state index in [9.17, 15) is 5.11 Å². The van der Waals surface area contributed by atoms with Crippen molar-refractivity contribution < 1.29 is 5.11 Å². The van der Waals surface area contributed by atoms with Gasteiger partial charge in [-0.25, -0.2) is 0 Å². The van der Waals surface area contributed by atoms with Crippen LogP contribution in [-0.2, 0) is 0 Å². The van der Waals surface area contributed by atoms with E-state index in [0.29, 0.717) is 0 Å². The minimum atomic E-state index is 0.0256. The summed E-state index contributed by atoms with van der Waals surface area (Å²) >= 11 is 0. The monoisotopic (exact) mass is 183 g/mol. The fraction of sp³-hybridized carbons (Fsp3) is 0.818. The second-order valence-electron chi connectivity index (χ2n) is 3.95. The molecule has 0 aliphatic heterocycles. The third-order valence-electron chi connectivity index (χ3n) is 2.94. The van der Waals surface area contributed by atoms with Gasteiger partial charge in [-0.15, -0.1) is 0 Å². The molecule has 76 valence electrons. The quantitative estimate of drug-likeness (QED) is 0.652. The molecule has 1 aliphatic rings. The highest BCUT2D eigenvalue weighted by molar-refractivity contribution is 4.93. The molecule has 0 bridgehead atoms. The first-order chi connectivity index (χ1) is 6.33. The molecule has 1 saturated carbocycles. The fourth-order valence-corrected chi connectivity index (χ4v) is 2.01. The Bertz CT molecular complexity index is 159. The van der Waals surface area contributed by atoms with Crippen molar-refractivity contribution in [3.8, 4) is 0 Å². The number of rotatable bonds is 4. The topological polar surface area (TPSA) is 32.3 Å². The summed E-state index contributed by atoms with van der Waals surface area (Å²) in [6, 6.07) is 0. The van der Waals surface area contributed by atoms with Crippen molar-refractivity contribution in [2.45, 2.75) is 44.6 Å². The Labute approximate surface area is 81.0 Å². The summed E-state index contributed by atoms with van der Waals surface area (Å²) in [6.07, 6.45) is 10.2. The molecule has 0 spiro atoms. The maximum atomic E-state index is 9.35. The van der Waals surface area contributed by atoms with Gasteiger partial charge in [0.1, 0.15) is 0 Å². The zero-order chi connectivity index (χ0) is 9.57. The maximum Gasteiger partial charge on any atom is 0.0613 e. The van der Waals surface area contributed by atoms with Crippen molar-refractivity contribution in [2.24, 2.45) is 0 Å². The molecule has 0 radical (unpaired) electrons. The molecule has 0 aromatic carbocycles. The van der Waals surface area contributed by atoms with Crippen LogP contribution < -0.4 is 5.32 Å². The number of hydrogen-bond acceptors (Lipinski definition) is 2. The molecule has 0 unspecified atom stereocenters. The van der Waals surface area contributed by atoms with Crippen molar-refractivity contribution in [2.75, 3.05) is 13.2 Å². The fourth-order valence-electron chi connectivity index (χ4n) is 2.01. The lowest BCUT2D eigenvalue weighted by Gasteiger charge is -2.36. The Morgan fingerprint density at radius 2 is 2.00 bits per heavy atom. The largest absolute Gasteiger partial charge is 0.394 e. The van der Waals surface area contributed by atoms with Gasteiger partial charge in [0, 0.05) is 12.1 Å². The van der Waals surface area contributed by atoms with Crippen LogP contribution >= 0.6 is 0 Å². The lowest BCUT2D eigenvalue weighted by molar-refractivity contribution is 0.125. The van der Waals surface area contributed by atoms with Crippen LogP contribution in [0.1, 0.15) is 39.0 Å². The Morgan fingerprint density at radius 1 is 1.31 bits per heavy atom. The lowest BCUT2D eigenvalue weighted by atomic mass is 9.82. The van der Waals surface area contributed by atoms with Gasteiger partial charge in [-0.1, -0.05) is 31.4 Å². The Hall–Kier alpha value is -0.340. The SMILES string of the molecule is C/C=C/CNC1(CO)CCCCC1. The van der Waals surface area contributed by atoms with Crippen LogP contribution in [0.5, 0.6) is 0 Å². The van der Waals surface area contributed by atoms with Crippen LogP contribution in [0.4, 0.5) is 0 Å². The molecule has 0 saturated heterocycles. The third-order valence-corrected chi connectivity index (χ3v) is 2.94. The standard InChI is InChI=1S/C11H21NO/c1-2-3-9-12-11(10-13)7-5-4-6-8-11/h2-3,12-13H,4-10H2,1H3/b3-2+. The normalized spacial score (nSPS) is 22.3. The van der Waals surface area contributed by atoms with E-state index in [2.05, 4.69) is 11.4 Å². The predicted octanol–water partition coefficient (Wildman–Crippen LogP) is 1.85. The first-order valence-electron chi connectivity index (χ1n) is 5.30. The molecule has 1 aliphatic carbocycles. The summed E-state index contributed by atoms with van der Waals surface area (Å²) in [5.41, 5.74) is 0.0256. The van der Waals surface area contributed by atoms with Crippen molar-refractivity contribution >= 4 is 0 Å². The van der Waals surface area contributed by atoms with Gasteiger partial charge in [-0.3, -0.25) is 0 Å². The highest BCUT2D eigenvalue weighted by Gasteiger charge is 2.29. The molecule has 0 aromatic heterocycles. The summed E-state index contributed by atoms with van der Waals surface area (Å²) in [5.74, 6) is 0. The minimum absolute atomic E-state index is 0.0256. The molecule has 0 atom stereocenters. The van der Waals surface area contributed by atoms with Gasteiger partial charge in [0.05, 0.1) is 6.61 Å². The summed E-state index contributed by atoms with van der Waals surface area (Å²) in [6.45, 7) is 3.19. The van der Waals surface area contributed by atoms with E-state index in [-0.39, 0.29) is 12.1 Å². The summed E-state index contributed by atoms with van der Waals surface area (Å²) < 4.78 is 0. The average Bonchev–Trinajstić information content (AvgIpc) is 2.20. The highest BCUT2D eigenvalue weighted by atomic mass is 16.3. The molecule has 1 rings (SSSR count). The second-order valence-corrected chi connectivity index (χ2v) is 3.95. The van der Waals surface area contributed by atoms with E-state index in [1.165, 1.54) is 19.3 Å². The zero-order valence-electron chi connectivity index (χ0n) is 8.55.